The third-order valence-corrected chi connectivity index (χ3v) is 5.25. The van der Waals surface area contributed by atoms with Crippen molar-refractivity contribution in [2.75, 3.05) is 19.6 Å². The molecule has 2 fully saturated rings. The third kappa shape index (κ3) is 4.57. The summed E-state index contributed by atoms with van der Waals surface area (Å²) in [5.41, 5.74) is 6.95. The van der Waals surface area contributed by atoms with Gasteiger partial charge in [-0.3, -0.25) is 15.1 Å². The summed E-state index contributed by atoms with van der Waals surface area (Å²) in [7, 11) is 0. The highest BCUT2D eigenvalue weighted by atomic mass is 19.1. The fourth-order valence-electron chi connectivity index (χ4n) is 3.89. The van der Waals surface area contributed by atoms with Crippen molar-refractivity contribution >= 4 is 5.91 Å². The molecule has 5 nitrogen and oxygen atoms in total. The largest absolute Gasteiger partial charge is 0.353 e. The molecule has 138 valence electrons. The Hall–Kier alpha value is -1.50. The normalized spacial score (nSPS) is 25.2. The average Bonchev–Trinajstić information content (AvgIpc) is 3.29. The Balaban J connectivity index is 1.61. The minimum Gasteiger partial charge on any atom is -0.353 e. The van der Waals surface area contributed by atoms with E-state index in [0.29, 0.717) is 18.2 Å². The Bertz CT molecular complexity index is 576. The number of amides is 1. The Labute approximate surface area is 149 Å². The van der Waals surface area contributed by atoms with Crippen LogP contribution in [0.4, 0.5) is 4.39 Å². The van der Waals surface area contributed by atoms with Gasteiger partial charge in [0.15, 0.2) is 0 Å². The van der Waals surface area contributed by atoms with Gasteiger partial charge in [-0.05, 0) is 44.8 Å². The number of benzene rings is 1. The van der Waals surface area contributed by atoms with E-state index >= 15 is 0 Å². The van der Waals surface area contributed by atoms with Crippen LogP contribution in [0.2, 0.25) is 0 Å². The van der Waals surface area contributed by atoms with Gasteiger partial charge < -0.3 is 5.32 Å². The molecule has 0 saturated carbocycles. The van der Waals surface area contributed by atoms with E-state index in [-0.39, 0.29) is 23.8 Å². The van der Waals surface area contributed by atoms with Gasteiger partial charge in [-0.1, -0.05) is 31.5 Å². The van der Waals surface area contributed by atoms with E-state index in [1.54, 1.807) is 6.07 Å². The number of nitrogens with one attached hydrogen (secondary N) is 3. The van der Waals surface area contributed by atoms with E-state index in [1.165, 1.54) is 6.07 Å². The van der Waals surface area contributed by atoms with Crippen molar-refractivity contribution in [2.45, 2.75) is 57.2 Å². The molecule has 0 aliphatic carbocycles. The predicted octanol–water partition coefficient (Wildman–Crippen LogP) is 2.11. The molecule has 0 radical (unpaired) electrons. The van der Waals surface area contributed by atoms with Crippen molar-refractivity contribution in [3.63, 3.8) is 0 Å². The minimum absolute atomic E-state index is 0.00774. The van der Waals surface area contributed by atoms with Crippen LogP contribution in [0, 0.1) is 5.82 Å². The van der Waals surface area contributed by atoms with Crippen LogP contribution in [-0.4, -0.2) is 42.5 Å². The van der Waals surface area contributed by atoms with Crippen LogP contribution >= 0.6 is 0 Å². The van der Waals surface area contributed by atoms with E-state index in [4.69, 9.17) is 0 Å². The number of likely N-dealkylation sites (tertiary alicyclic amines) is 1. The molecule has 0 aromatic heterocycles. The fourth-order valence-corrected chi connectivity index (χ4v) is 3.89. The van der Waals surface area contributed by atoms with Crippen LogP contribution in [0.1, 0.15) is 50.6 Å². The second-order valence-electron chi connectivity index (χ2n) is 7.09. The van der Waals surface area contributed by atoms with E-state index in [1.807, 2.05) is 12.1 Å². The van der Waals surface area contributed by atoms with Crippen molar-refractivity contribution in [1.29, 1.82) is 0 Å². The van der Waals surface area contributed by atoms with Gasteiger partial charge in [0.1, 0.15) is 11.9 Å². The number of rotatable bonds is 7. The minimum atomic E-state index is -0.212. The standard InChI is InChI=1S/C19H29FN4O/c1-2-7-14-12-17(23-22-14)19(25)21-13-18(24-10-5-6-11-24)15-8-3-4-9-16(15)20/h3-4,8-9,14,17-18,22-23H,2,5-7,10-13H2,1H3,(H,21,25). The van der Waals surface area contributed by atoms with E-state index in [9.17, 15) is 9.18 Å². The van der Waals surface area contributed by atoms with Gasteiger partial charge in [0.25, 0.3) is 0 Å². The number of carbonyl (C=O) groups is 1. The summed E-state index contributed by atoms with van der Waals surface area (Å²) in [5.74, 6) is -0.205. The van der Waals surface area contributed by atoms with Gasteiger partial charge in [-0.15, -0.1) is 0 Å². The van der Waals surface area contributed by atoms with Crippen LogP contribution in [-0.2, 0) is 4.79 Å². The summed E-state index contributed by atoms with van der Waals surface area (Å²) in [6.45, 7) is 4.49. The molecule has 0 spiro atoms. The summed E-state index contributed by atoms with van der Waals surface area (Å²) < 4.78 is 14.3. The van der Waals surface area contributed by atoms with Crippen molar-refractivity contribution in [2.24, 2.45) is 0 Å². The zero-order valence-corrected chi connectivity index (χ0v) is 14.9. The number of halogens is 1. The quantitative estimate of drug-likeness (QED) is 0.706. The Morgan fingerprint density at radius 1 is 1.32 bits per heavy atom. The first-order valence-electron chi connectivity index (χ1n) is 9.46. The van der Waals surface area contributed by atoms with Gasteiger partial charge in [0, 0.05) is 18.2 Å². The molecule has 6 heteroatoms. The first-order chi connectivity index (χ1) is 12.2. The molecular formula is C19H29FN4O. The molecule has 3 rings (SSSR count). The molecule has 1 amide bonds. The highest BCUT2D eigenvalue weighted by molar-refractivity contribution is 5.82. The third-order valence-electron chi connectivity index (χ3n) is 5.25. The lowest BCUT2D eigenvalue weighted by atomic mass is 10.0. The van der Waals surface area contributed by atoms with Gasteiger partial charge >= 0.3 is 0 Å². The van der Waals surface area contributed by atoms with E-state index in [2.05, 4.69) is 28.0 Å². The van der Waals surface area contributed by atoms with Crippen molar-refractivity contribution in [3.05, 3.63) is 35.6 Å². The maximum atomic E-state index is 14.3. The molecule has 3 atom stereocenters. The molecule has 3 N–H and O–H groups in total. The second-order valence-corrected chi connectivity index (χ2v) is 7.09. The van der Waals surface area contributed by atoms with Crippen LogP contribution in [0.5, 0.6) is 0 Å². The molecule has 3 unspecified atom stereocenters. The van der Waals surface area contributed by atoms with Gasteiger partial charge in [-0.25, -0.2) is 9.82 Å². The smallest absolute Gasteiger partial charge is 0.238 e. The molecular weight excluding hydrogens is 319 g/mol. The van der Waals surface area contributed by atoms with E-state index < -0.39 is 0 Å². The molecule has 1 aromatic rings. The Morgan fingerprint density at radius 3 is 2.80 bits per heavy atom. The number of carbonyl (C=O) groups excluding carboxylic acids is 1. The summed E-state index contributed by atoms with van der Waals surface area (Å²) in [4.78, 5) is 14.8. The average molecular weight is 348 g/mol. The van der Waals surface area contributed by atoms with E-state index in [0.717, 1.165) is 45.2 Å². The van der Waals surface area contributed by atoms with Crippen LogP contribution in [0.25, 0.3) is 0 Å². The highest BCUT2D eigenvalue weighted by Gasteiger charge is 2.30. The summed E-state index contributed by atoms with van der Waals surface area (Å²) in [6.07, 6.45) is 5.21. The molecule has 2 aliphatic rings. The SMILES string of the molecule is CCCC1CC(C(=O)NCC(c2ccccc2F)N2CCCC2)NN1. The van der Waals surface area contributed by atoms with Crippen LogP contribution in [0.3, 0.4) is 0 Å². The maximum absolute atomic E-state index is 14.3. The van der Waals surface area contributed by atoms with Crippen molar-refractivity contribution in [1.82, 2.24) is 21.1 Å². The monoisotopic (exact) mass is 348 g/mol. The topological polar surface area (TPSA) is 56.4 Å². The zero-order chi connectivity index (χ0) is 17.6. The predicted molar refractivity (Wildman–Crippen MR) is 96.3 cm³/mol. The first-order valence-corrected chi connectivity index (χ1v) is 9.46. The van der Waals surface area contributed by atoms with Crippen molar-refractivity contribution in [3.8, 4) is 0 Å². The lowest BCUT2D eigenvalue weighted by Gasteiger charge is -2.29. The van der Waals surface area contributed by atoms with Crippen LogP contribution < -0.4 is 16.2 Å². The molecule has 2 aliphatic heterocycles. The Morgan fingerprint density at radius 2 is 2.08 bits per heavy atom. The highest BCUT2D eigenvalue weighted by Crippen LogP contribution is 2.26. The van der Waals surface area contributed by atoms with Gasteiger partial charge in [0.2, 0.25) is 5.91 Å². The fraction of sp³-hybridized carbons (Fsp3) is 0.632. The Kier molecular flexibility index (Phi) is 6.39. The van der Waals surface area contributed by atoms with Gasteiger partial charge in [0.05, 0.1) is 6.04 Å². The molecule has 1 aromatic carbocycles. The molecule has 25 heavy (non-hydrogen) atoms. The number of hydrazine groups is 1. The van der Waals surface area contributed by atoms with Crippen LogP contribution in [0.15, 0.2) is 24.3 Å². The number of hydrogen-bond acceptors (Lipinski definition) is 4. The summed E-state index contributed by atoms with van der Waals surface area (Å²) in [5, 5.41) is 3.04. The number of nitrogens with zero attached hydrogens (tertiary/aromatic N) is 1. The molecule has 2 saturated heterocycles. The summed E-state index contributed by atoms with van der Waals surface area (Å²) >= 11 is 0. The summed E-state index contributed by atoms with van der Waals surface area (Å²) in [6, 6.07) is 6.93. The zero-order valence-electron chi connectivity index (χ0n) is 14.9. The number of hydrogen-bond donors (Lipinski definition) is 3. The molecule has 0 bridgehead atoms. The lowest BCUT2D eigenvalue weighted by molar-refractivity contribution is -0.123. The second kappa shape index (κ2) is 8.74. The maximum Gasteiger partial charge on any atom is 0.238 e. The van der Waals surface area contributed by atoms with Crippen molar-refractivity contribution < 1.29 is 9.18 Å². The van der Waals surface area contributed by atoms with Gasteiger partial charge in [-0.2, -0.15) is 0 Å². The lowest BCUT2D eigenvalue weighted by Crippen LogP contribution is -2.46. The first kappa shape index (κ1) is 18.3. The molecule has 2 heterocycles.